The average Bonchev–Trinajstić information content (AvgIpc) is 2.63. The number of aliphatic hydroxyl groups excluding tert-OH is 1. The number of fused-ring (bicyclic) bond motifs is 2. The van der Waals surface area contributed by atoms with Crippen molar-refractivity contribution in [2.24, 2.45) is 5.73 Å². The fraction of sp³-hybridized carbons (Fsp3) is 0.250. The molecule has 2 aliphatic rings. The van der Waals surface area contributed by atoms with Crippen molar-refractivity contribution in [2.45, 2.75) is 31.4 Å². The van der Waals surface area contributed by atoms with Gasteiger partial charge in [0.05, 0.1) is 5.57 Å². The van der Waals surface area contributed by atoms with Crippen LogP contribution in [-0.4, -0.2) is 11.0 Å². The van der Waals surface area contributed by atoms with E-state index in [1.165, 1.54) is 5.56 Å². The molecule has 0 spiro atoms. The van der Waals surface area contributed by atoms with E-state index in [2.05, 4.69) is 10.6 Å². The van der Waals surface area contributed by atoms with Crippen LogP contribution in [0.5, 0.6) is 0 Å². The molecule has 1 aliphatic carbocycles. The number of nitrogens with one attached hydrogen (secondary N) is 2. The molecule has 0 aromatic heterocycles. The van der Waals surface area contributed by atoms with Gasteiger partial charge in [-0.2, -0.15) is 0 Å². The lowest BCUT2D eigenvalue weighted by Gasteiger charge is -2.24. The van der Waals surface area contributed by atoms with E-state index in [1.54, 1.807) is 6.20 Å². The molecular formula is C20H21N3O2. The Morgan fingerprint density at radius 3 is 2.92 bits per heavy atom. The van der Waals surface area contributed by atoms with E-state index >= 15 is 0 Å². The number of carbonyl (C=O) groups excluding carboxylic acids is 1. The maximum Gasteiger partial charge on any atom is 0.256 e. The second-order valence-electron chi connectivity index (χ2n) is 6.60. The van der Waals surface area contributed by atoms with E-state index in [4.69, 9.17) is 5.73 Å². The van der Waals surface area contributed by atoms with Gasteiger partial charge in [0, 0.05) is 29.2 Å². The van der Waals surface area contributed by atoms with E-state index < -0.39 is 6.10 Å². The maximum absolute atomic E-state index is 12.6. The molecule has 0 saturated carbocycles. The fourth-order valence-corrected chi connectivity index (χ4v) is 3.58. The van der Waals surface area contributed by atoms with E-state index in [-0.39, 0.29) is 11.9 Å². The van der Waals surface area contributed by atoms with Gasteiger partial charge in [0.2, 0.25) is 0 Å². The lowest BCUT2D eigenvalue weighted by Crippen LogP contribution is -2.24. The van der Waals surface area contributed by atoms with Crippen molar-refractivity contribution in [3.63, 3.8) is 0 Å². The highest BCUT2D eigenvalue weighted by atomic mass is 16.3. The van der Waals surface area contributed by atoms with Gasteiger partial charge < -0.3 is 21.5 Å². The zero-order valence-corrected chi connectivity index (χ0v) is 13.8. The summed E-state index contributed by atoms with van der Waals surface area (Å²) >= 11 is 0. The topological polar surface area (TPSA) is 87.4 Å². The third-order valence-electron chi connectivity index (χ3n) is 4.96. The molecule has 1 heterocycles. The molecular weight excluding hydrogens is 314 g/mol. The van der Waals surface area contributed by atoms with Crippen LogP contribution in [-0.2, 0) is 11.2 Å². The van der Waals surface area contributed by atoms with Crippen molar-refractivity contribution in [3.05, 3.63) is 70.9 Å². The largest absolute Gasteiger partial charge is 0.383 e. The van der Waals surface area contributed by atoms with Crippen LogP contribution >= 0.6 is 0 Å². The number of amides is 1. The summed E-state index contributed by atoms with van der Waals surface area (Å²) in [6.07, 6.45) is 3.71. The Labute approximate surface area is 146 Å². The Bertz CT molecular complexity index is 860. The average molecular weight is 335 g/mol. The van der Waals surface area contributed by atoms with Crippen LogP contribution in [0.15, 0.2) is 54.2 Å². The number of rotatable bonds is 2. The van der Waals surface area contributed by atoms with E-state index in [0.29, 0.717) is 16.8 Å². The number of hydrogen-bond acceptors (Lipinski definition) is 4. The van der Waals surface area contributed by atoms with Crippen LogP contribution in [0, 0.1) is 0 Å². The minimum absolute atomic E-state index is 0.0219. The Hall–Kier alpha value is -2.63. The summed E-state index contributed by atoms with van der Waals surface area (Å²) < 4.78 is 0. The number of aliphatic hydroxyl groups is 1. The summed E-state index contributed by atoms with van der Waals surface area (Å²) in [5.41, 5.74) is 11.0. The molecule has 0 fully saturated rings. The number of carbonyl (C=O) groups is 1. The predicted octanol–water partition coefficient (Wildman–Crippen LogP) is 3.00. The Morgan fingerprint density at radius 1 is 1.20 bits per heavy atom. The molecule has 128 valence electrons. The maximum atomic E-state index is 12.6. The Kier molecular flexibility index (Phi) is 4.03. The number of para-hydroxylation sites is 1. The molecule has 0 saturated heterocycles. The normalized spacial score (nSPS) is 21.4. The highest BCUT2D eigenvalue weighted by Gasteiger charge is 2.26. The molecule has 2 aromatic rings. The van der Waals surface area contributed by atoms with Crippen molar-refractivity contribution in [1.82, 2.24) is 0 Å². The summed E-state index contributed by atoms with van der Waals surface area (Å²) in [5.74, 6) is -0.321. The first-order valence-electron chi connectivity index (χ1n) is 8.57. The van der Waals surface area contributed by atoms with Crippen LogP contribution in [0.3, 0.4) is 0 Å². The molecule has 2 atom stereocenters. The van der Waals surface area contributed by atoms with E-state index in [1.807, 2.05) is 42.5 Å². The summed E-state index contributed by atoms with van der Waals surface area (Å²) in [4.78, 5) is 12.6. The molecule has 5 N–H and O–H groups in total. The standard InChI is InChI=1S/C20H21N3O2/c21-17-6-3-4-12-8-9-13(10-15(12)17)23-20(25)16-11-22-18-7-2-1-5-14(18)19(16)24/h1-2,5,7-11,17,19,22,24H,3-4,6,21H2,(H,23,25). The monoisotopic (exact) mass is 335 g/mol. The number of hydrogen-bond donors (Lipinski definition) is 4. The molecule has 25 heavy (non-hydrogen) atoms. The smallest absolute Gasteiger partial charge is 0.256 e. The van der Waals surface area contributed by atoms with Gasteiger partial charge >= 0.3 is 0 Å². The molecule has 1 aliphatic heterocycles. The highest BCUT2D eigenvalue weighted by Crippen LogP contribution is 2.34. The third kappa shape index (κ3) is 2.92. The summed E-state index contributed by atoms with van der Waals surface area (Å²) in [5, 5.41) is 16.5. The van der Waals surface area contributed by atoms with Crippen molar-refractivity contribution in [3.8, 4) is 0 Å². The van der Waals surface area contributed by atoms with Crippen LogP contribution in [0.4, 0.5) is 11.4 Å². The van der Waals surface area contributed by atoms with Crippen molar-refractivity contribution in [1.29, 1.82) is 0 Å². The lowest BCUT2D eigenvalue weighted by molar-refractivity contribution is -0.113. The van der Waals surface area contributed by atoms with E-state index in [9.17, 15) is 9.90 Å². The summed E-state index contributed by atoms with van der Waals surface area (Å²) in [6, 6.07) is 13.3. The summed E-state index contributed by atoms with van der Waals surface area (Å²) in [7, 11) is 0. The number of benzene rings is 2. The lowest BCUT2D eigenvalue weighted by atomic mass is 9.88. The fourth-order valence-electron chi connectivity index (χ4n) is 3.58. The molecule has 0 radical (unpaired) electrons. The van der Waals surface area contributed by atoms with Crippen LogP contribution in [0.1, 0.15) is 41.7 Å². The van der Waals surface area contributed by atoms with Crippen LogP contribution < -0.4 is 16.4 Å². The second kappa shape index (κ2) is 6.35. The van der Waals surface area contributed by atoms with Gasteiger partial charge in [-0.25, -0.2) is 0 Å². The van der Waals surface area contributed by atoms with E-state index in [0.717, 1.165) is 30.5 Å². The summed E-state index contributed by atoms with van der Waals surface area (Å²) in [6.45, 7) is 0. The number of nitrogens with two attached hydrogens (primary N) is 1. The van der Waals surface area contributed by atoms with Gasteiger partial charge in [-0.05, 0) is 48.6 Å². The first-order chi connectivity index (χ1) is 12.1. The first kappa shape index (κ1) is 15.9. The third-order valence-corrected chi connectivity index (χ3v) is 4.96. The molecule has 4 rings (SSSR count). The van der Waals surface area contributed by atoms with Gasteiger partial charge in [0.25, 0.3) is 5.91 Å². The predicted molar refractivity (Wildman–Crippen MR) is 98.0 cm³/mol. The molecule has 1 amide bonds. The van der Waals surface area contributed by atoms with Crippen LogP contribution in [0.25, 0.3) is 0 Å². The Morgan fingerprint density at radius 2 is 2.04 bits per heavy atom. The molecule has 2 aromatic carbocycles. The minimum atomic E-state index is -0.947. The van der Waals surface area contributed by atoms with Gasteiger partial charge in [0.15, 0.2) is 0 Å². The minimum Gasteiger partial charge on any atom is -0.383 e. The zero-order chi connectivity index (χ0) is 17.4. The van der Waals surface area contributed by atoms with Crippen molar-refractivity contribution < 1.29 is 9.90 Å². The van der Waals surface area contributed by atoms with Crippen molar-refractivity contribution >= 4 is 17.3 Å². The Balaban J connectivity index is 1.55. The van der Waals surface area contributed by atoms with Gasteiger partial charge in [-0.15, -0.1) is 0 Å². The molecule has 0 bridgehead atoms. The quantitative estimate of drug-likeness (QED) is 0.679. The molecule has 5 heteroatoms. The molecule has 2 unspecified atom stereocenters. The first-order valence-corrected chi connectivity index (χ1v) is 8.57. The number of aryl methyl sites for hydroxylation is 1. The van der Waals surface area contributed by atoms with Crippen molar-refractivity contribution in [2.75, 3.05) is 10.6 Å². The van der Waals surface area contributed by atoms with Gasteiger partial charge in [-0.1, -0.05) is 24.3 Å². The van der Waals surface area contributed by atoms with Crippen LogP contribution in [0.2, 0.25) is 0 Å². The highest BCUT2D eigenvalue weighted by molar-refractivity contribution is 6.05. The zero-order valence-electron chi connectivity index (χ0n) is 13.8. The van der Waals surface area contributed by atoms with Gasteiger partial charge in [-0.3, -0.25) is 4.79 Å². The van der Waals surface area contributed by atoms with Gasteiger partial charge in [0.1, 0.15) is 6.10 Å². The number of anilines is 2. The second-order valence-corrected chi connectivity index (χ2v) is 6.60. The SMILES string of the molecule is NC1CCCc2ccc(NC(=O)C3=CNc4ccccc4C3O)cc21. The molecule has 5 nitrogen and oxygen atoms in total.